The second-order valence-corrected chi connectivity index (χ2v) is 10.3. The Hall–Kier alpha value is -3.97. The number of rotatable bonds is 5. The van der Waals surface area contributed by atoms with E-state index >= 15 is 0 Å². The summed E-state index contributed by atoms with van der Waals surface area (Å²) in [6.07, 6.45) is -0.934. The number of aromatic nitrogens is 3. The number of amides is 2. The van der Waals surface area contributed by atoms with Crippen LogP contribution in [0, 0.1) is 0 Å². The SMILES string of the molecule is CC1(C)OCC(COc2cc(NC(=O)N3c4nc(-c5cccc(C(F)(F)F)c5)ncc4N4CC[C@H]3C4)ccn2)O1. The fraction of sp³-hybridized carbons (Fsp3) is 0.407. The summed E-state index contributed by atoms with van der Waals surface area (Å²) in [6, 6.07) is 7.50. The van der Waals surface area contributed by atoms with Crippen molar-refractivity contribution in [2.75, 3.05) is 41.4 Å². The average molecular weight is 557 g/mol. The van der Waals surface area contributed by atoms with Crippen molar-refractivity contribution in [3.8, 4) is 17.3 Å². The molecule has 0 spiro atoms. The lowest BCUT2D eigenvalue weighted by molar-refractivity contribution is -0.141. The van der Waals surface area contributed by atoms with Crippen molar-refractivity contribution < 1.29 is 32.2 Å². The maximum atomic E-state index is 13.6. The number of urea groups is 1. The van der Waals surface area contributed by atoms with Gasteiger partial charge in [-0.2, -0.15) is 13.2 Å². The van der Waals surface area contributed by atoms with Gasteiger partial charge in [-0.1, -0.05) is 12.1 Å². The van der Waals surface area contributed by atoms with Crippen LogP contribution >= 0.6 is 0 Å². The number of fused-ring (bicyclic) bond motifs is 4. The Kier molecular flexibility index (Phi) is 6.50. The number of nitrogens with one attached hydrogen (secondary N) is 1. The van der Waals surface area contributed by atoms with Gasteiger partial charge in [0, 0.05) is 36.6 Å². The summed E-state index contributed by atoms with van der Waals surface area (Å²) in [5, 5.41) is 2.89. The van der Waals surface area contributed by atoms with E-state index < -0.39 is 23.6 Å². The van der Waals surface area contributed by atoms with Crippen LogP contribution in [0.25, 0.3) is 11.4 Å². The molecule has 2 amide bonds. The van der Waals surface area contributed by atoms with E-state index in [9.17, 15) is 18.0 Å². The average Bonchev–Trinajstić information content (AvgIpc) is 3.50. The maximum absolute atomic E-state index is 13.6. The molecule has 0 radical (unpaired) electrons. The molecule has 2 fully saturated rings. The van der Waals surface area contributed by atoms with E-state index in [2.05, 4.69) is 25.2 Å². The zero-order valence-electron chi connectivity index (χ0n) is 21.8. The lowest BCUT2D eigenvalue weighted by atomic mass is 10.1. The van der Waals surface area contributed by atoms with E-state index in [1.807, 2.05) is 13.8 Å². The quantitative estimate of drug-likeness (QED) is 0.482. The summed E-state index contributed by atoms with van der Waals surface area (Å²) in [4.78, 5) is 30.3. The van der Waals surface area contributed by atoms with Crippen molar-refractivity contribution in [3.63, 3.8) is 0 Å². The third-order valence-corrected chi connectivity index (χ3v) is 6.98. The van der Waals surface area contributed by atoms with Gasteiger partial charge >= 0.3 is 12.2 Å². The van der Waals surface area contributed by atoms with Gasteiger partial charge in [-0.3, -0.25) is 4.90 Å². The predicted molar refractivity (Wildman–Crippen MR) is 139 cm³/mol. The number of pyridine rings is 1. The van der Waals surface area contributed by atoms with Crippen LogP contribution in [-0.2, 0) is 15.7 Å². The zero-order valence-corrected chi connectivity index (χ0v) is 21.8. The number of carbonyl (C=O) groups excluding carboxylic acids is 1. The normalized spacial score (nSPS) is 21.3. The first kappa shape index (κ1) is 26.3. The lowest BCUT2D eigenvalue weighted by Crippen LogP contribution is -2.48. The summed E-state index contributed by atoms with van der Waals surface area (Å²) in [6.45, 7) is 5.62. The van der Waals surface area contributed by atoms with Gasteiger partial charge in [0.05, 0.1) is 30.1 Å². The molecule has 3 aliphatic rings. The number of benzene rings is 1. The highest BCUT2D eigenvalue weighted by atomic mass is 19.4. The highest BCUT2D eigenvalue weighted by Gasteiger charge is 2.41. The third kappa shape index (κ3) is 5.26. The van der Waals surface area contributed by atoms with Crippen molar-refractivity contribution in [2.45, 2.75) is 44.4 Å². The number of anilines is 3. The van der Waals surface area contributed by atoms with Crippen LogP contribution < -0.4 is 19.9 Å². The Morgan fingerprint density at radius 2 is 2.08 bits per heavy atom. The van der Waals surface area contributed by atoms with Crippen LogP contribution in [0.3, 0.4) is 0 Å². The number of alkyl halides is 3. The molecule has 40 heavy (non-hydrogen) atoms. The smallest absolute Gasteiger partial charge is 0.416 e. The minimum atomic E-state index is -4.50. The Balaban J connectivity index is 1.22. The monoisotopic (exact) mass is 556 g/mol. The molecule has 6 rings (SSSR count). The van der Waals surface area contributed by atoms with Crippen molar-refractivity contribution in [1.82, 2.24) is 15.0 Å². The van der Waals surface area contributed by atoms with Crippen LogP contribution in [0.15, 0.2) is 48.8 Å². The molecule has 13 heteroatoms. The van der Waals surface area contributed by atoms with E-state index in [1.54, 1.807) is 23.2 Å². The molecule has 210 valence electrons. The van der Waals surface area contributed by atoms with Crippen LogP contribution in [0.2, 0.25) is 0 Å². The molecule has 5 heterocycles. The lowest BCUT2D eigenvalue weighted by Gasteiger charge is -2.35. The minimum absolute atomic E-state index is 0.103. The van der Waals surface area contributed by atoms with E-state index in [0.29, 0.717) is 49.2 Å². The van der Waals surface area contributed by atoms with Crippen LogP contribution in [0.5, 0.6) is 5.88 Å². The second kappa shape index (κ2) is 9.89. The van der Waals surface area contributed by atoms with Crippen molar-refractivity contribution in [2.24, 2.45) is 0 Å². The summed E-state index contributed by atoms with van der Waals surface area (Å²) < 4.78 is 56.9. The van der Waals surface area contributed by atoms with Crippen LogP contribution in [0.1, 0.15) is 25.8 Å². The van der Waals surface area contributed by atoms with Gasteiger partial charge in [-0.25, -0.2) is 19.7 Å². The molecule has 2 aromatic heterocycles. The Morgan fingerprint density at radius 3 is 2.85 bits per heavy atom. The molecule has 2 saturated heterocycles. The first-order chi connectivity index (χ1) is 19.1. The molecule has 2 bridgehead atoms. The van der Waals surface area contributed by atoms with Gasteiger partial charge < -0.3 is 24.4 Å². The third-order valence-electron chi connectivity index (χ3n) is 6.98. The molecule has 0 aliphatic carbocycles. The second-order valence-electron chi connectivity index (χ2n) is 10.3. The van der Waals surface area contributed by atoms with Crippen molar-refractivity contribution >= 4 is 23.2 Å². The Morgan fingerprint density at radius 1 is 1.23 bits per heavy atom. The van der Waals surface area contributed by atoms with E-state index in [-0.39, 0.29) is 30.1 Å². The fourth-order valence-corrected chi connectivity index (χ4v) is 5.12. The number of ether oxygens (including phenoxy) is 3. The van der Waals surface area contributed by atoms with Gasteiger partial charge in [0.25, 0.3) is 0 Å². The highest BCUT2D eigenvalue weighted by Crippen LogP contribution is 2.40. The van der Waals surface area contributed by atoms with E-state index in [0.717, 1.165) is 12.1 Å². The number of hydrogen-bond donors (Lipinski definition) is 1. The topological polar surface area (TPSA) is 102 Å². The maximum Gasteiger partial charge on any atom is 0.416 e. The molecule has 2 atom stereocenters. The molecule has 3 aliphatic heterocycles. The largest absolute Gasteiger partial charge is 0.475 e. The van der Waals surface area contributed by atoms with Gasteiger partial charge in [-0.05, 0) is 38.5 Å². The van der Waals surface area contributed by atoms with Gasteiger partial charge in [0.15, 0.2) is 17.4 Å². The summed E-state index contributed by atoms with van der Waals surface area (Å²) in [7, 11) is 0. The molecule has 10 nitrogen and oxygen atoms in total. The van der Waals surface area contributed by atoms with E-state index in [4.69, 9.17) is 14.2 Å². The first-order valence-corrected chi connectivity index (χ1v) is 12.9. The standard InChI is InChI=1S/C27H27F3N6O4/c1-26(2)39-15-20(40-26)14-38-22-11-18(6-8-31-22)33-25(37)36-19-7-9-35(13-19)21-12-32-23(34-24(21)36)16-4-3-5-17(10-16)27(28,29)30/h3-6,8,10-12,19-20H,7,9,13-15H2,1-2H3,(H,31,33,37)/t19-,20?/m0/s1. The first-order valence-electron chi connectivity index (χ1n) is 12.9. The minimum Gasteiger partial charge on any atom is -0.475 e. The Labute approximate surface area is 228 Å². The fourth-order valence-electron chi connectivity index (χ4n) is 5.12. The van der Waals surface area contributed by atoms with Gasteiger partial charge in [-0.15, -0.1) is 0 Å². The zero-order chi connectivity index (χ0) is 28.1. The molecular weight excluding hydrogens is 529 g/mol. The van der Waals surface area contributed by atoms with Gasteiger partial charge in [0.1, 0.15) is 12.7 Å². The molecule has 3 aromatic rings. The molecular formula is C27H27F3N6O4. The summed E-state index contributed by atoms with van der Waals surface area (Å²) in [5.74, 6) is 0.0973. The van der Waals surface area contributed by atoms with Gasteiger partial charge in [0.2, 0.25) is 5.88 Å². The Bertz CT molecular complexity index is 1440. The highest BCUT2D eigenvalue weighted by molar-refractivity contribution is 6.04. The van der Waals surface area contributed by atoms with Crippen LogP contribution in [-0.4, -0.2) is 65.2 Å². The van der Waals surface area contributed by atoms with Crippen molar-refractivity contribution in [1.29, 1.82) is 0 Å². The molecule has 1 aromatic carbocycles. The number of carbonyl (C=O) groups is 1. The molecule has 0 saturated carbocycles. The predicted octanol–water partition coefficient (Wildman–Crippen LogP) is 4.72. The molecule has 1 unspecified atom stereocenters. The number of halogens is 3. The number of hydrogen-bond acceptors (Lipinski definition) is 8. The summed E-state index contributed by atoms with van der Waals surface area (Å²) >= 11 is 0. The van der Waals surface area contributed by atoms with Crippen LogP contribution in [0.4, 0.5) is 35.2 Å². The number of nitrogens with zero attached hydrogens (tertiary/aromatic N) is 5. The molecule has 1 N–H and O–H groups in total. The van der Waals surface area contributed by atoms with E-state index in [1.165, 1.54) is 18.3 Å². The van der Waals surface area contributed by atoms with Crippen molar-refractivity contribution in [3.05, 3.63) is 54.4 Å². The summed E-state index contributed by atoms with van der Waals surface area (Å²) in [5.41, 5.74) is 0.533.